The van der Waals surface area contributed by atoms with Crippen molar-refractivity contribution in [2.75, 3.05) is 44.0 Å². The first-order chi connectivity index (χ1) is 21.6. The molecule has 1 fully saturated rings. The van der Waals surface area contributed by atoms with E-state index < -0.39 is 5.60 Å². The average molecular weight is 612 g/mol. The zero-order chi connectivity index (χ0) is 32.1. The summed E-state index contributed by atoms with van der Waals surface area (Å²) < 4.78 is 12.3. The van der Waals surface area contributed by atoms with Crippen LogP contribution in [0.25, 0.3) is 11.1 Å². The van der Waals surface area contributed by atoms with Gasteiger partial charge in [-0.3, -0.25) is 14.4 Å². The third kappa shape index (κ3) is 6.96. The summed E-state index contributed by atoms with van der Waals surface area (Å²) in [6.45, 7) is 5.62. The Kier molecular flexibility index (Phi) is 9.43. The molecule has 11 heteroatoms. The zero-order valence-electron chi connectivity index (χ0n) is 25.8. The molecular weight excluding hydrogens is 574 g/mol. The van der Waals surface area contributed by atoms with Gasteiger partial charge < -0.3 is 34.7 Å². The fourth-order valence-electron chi connectivity index (χ4n) is 5.11. The number of aryl methyl sites for hydroxylation is 1. The lowest BCUT2D eigenvalue weighted by Gasteiger charge is -2.26. The van der Waals surface area contributed by atoms with Crippen LogP contribution in [-0.2, 0) is 28.7 Å². The topological polar surface area (TPSA) is 135 Å². The van der Waals surface area contributed by atoms with Gasteiger partial charge in [-0.15, -0.1) is 0 Å². The minimum Gasteiger partial charge on any atom is -0.392 e. The van der Waals surface area contributed by atoms with Gasteiger partial charge in [0, 0.05) is 62.0 Å². The Hall–Kier alpha value is -4.84. The maximum atomic E-state index is 13.2. The summed E-state index contributed by atoms with van der Waals surface area (Å²) in [5, 5.41) is 16.4. The monoisotopic (exact) mass is 611 g/mol. The second kappa shape index (κ2) is 13.4. The third-order valence-electron chi connectivity index (χ3n) is 8.00. The molecule has 0 spiro atoms. The van der Waals surface area contributed by atoms with Crippen molar-refractivity contribution in [1.82, 2.24) is 14.5 Å². The number of carbonyl (C=O) groups excluding carboxylic acids is 2. The van der Waals surface area contributed by atoms with E-state index in [1.165, 1.54) is 10.8 Å². The number of aliphatic hydroxyl groups is 1. The first-order valence-electron chi connectivity index (χ1n) is 14.6. The highest BCUT2D eigenvalue weighted by molar-refractivity contribution is 6.05. The van der Waals surface area contributed by atoms with Crippen LogP contribution in [0.4, 0.5) is 17.2 Å². The second-order valence-corrected chi connectivity index (χ2v) is 11.3. The number of methoxy groups -OCH3 is 1. The second-order valence-electron chi connectivity index (χ2n) is 11.3. The van der Waals surface area contributed by atoms with Gasteiger partial charge in [-0.1, -0.05) is 24.3 Å². The molecule has 0 bridgehead atoms. The van der Waals surface area contributed by atoms with E-state index in [0.29, 0.717) is 65.6 Å². The number of rotatable bonds is 9. The molecule has 1 aliphatic heterocycles. The summed E-state index contributed by atoms with van der Waals surface area (Å²) in [7, 11) is 3.27. The molecule has 3 N–H and O–H groups in total. The molecule has 1 saturated heterocycles. The van der Waals surface area contributed by atoms with Crippen LogP contribution in [-0.4, -0.2) is 64.8 Å². The summed E-state index contributed by atoms with van der Waals surface area (Å²) in [5.74, 6) is -0.0510. The summed E-state index contributed by atoms with van der Waals surface area (Å²) in [4.78, 5) is 45.1. The Bertz CT molecular complexity index is 1740. The largest absolute Gasteiger partial charge is 0.392 e. The quantitative estimate of drug-likeness (QED) is 0.255. The highest BCUT2D eigenvalue weighted by atomic mass is 16.5. The number of morpholine rings is 1. The van der Waals surface area contributed by atoms with Gasteiger partial charge in [0.15, 0.2) is 0 Å². The maximum absolute atomic E-state index is 13.2. The summed E-state index contributed by atoms with van der Waals surface area (Å²) in [6.07, 6.45) is 3.15. The van der Waals surface area contributed by atoms with Gasteiger partial charge >= 0.3 is 0 Å². The number of aliphatic hydroxyl groups excluding tert-OH is 1. The minimum absolute atomic E-state index is 0.120. The van der Waals surface area contributed by atoms with Crippen LogP contribution >= 0.6 is 0 Å². The molecule has 0 atom stereocenters. The van der Waals surface area contributed by atoms with Crippen LogP contribution in [0.3, 0.4) is 0 Å². The van der Waals surface area contributed by atoms with Gasteiger partial charge in [0.1, 0.15) is 11.5 Å². The average Bonchev–Trinajstić information content (AvgIpc) is 3.07. The molecule has 1 aliphatic rings. The Balaban J connectivity index is 1.38. The highest BCUT2D eigenvalue weighted by Crippen LogP contribution is 2.31. The molecule has 0 radical (unpaired) electrons. The Morgan fingerprint density at radius 2 is 1.73 bits per heavy atom. The summed E-state index contributed by atoms with van der Waals surface area (Å²) >= 11 is 0. The zero-order valence-corrected chi connectivity index (χ0v) is 25.8. The number of carbonyl (C=O) groups is 2. The van der Waals surface area contributed by atoms with Crippen molar-refractivity contribution in [3.8, 4) is 11.1 Å². The molecule has 11 nitrogen and oxygen atoms in total. The maximum Gasteiger partial charge on any atom is 0.274 e. The summed E-state index contributed by atoms with van der Waals surface area (Å²) in [5.41, 5.74) is 3.56. The number of aromatic nitrogens is 2. The number of amides is 2. The van der Waals surface area contributed by atoms with E-state index in [1.54, 1.807) is 67.7 Å². The molecule has 0 unspecified atom stereocenters. The van der Waals surface area contributed by atoms with E-state index in [9.17, 15) is 19.5 Å². The standard InChI is InChI=1S/C34H37N5O6/c1-34(2,44-4)25-11-8-22(9-12-25)31(41)37-28-7-5-6-26(27(28)21-40)24-18-29(33(43)38(3)20-24)36-30-13-10-23(19-35-30)32(42)39-14-16-45-17-15-39/h5-13,18-20,40H,14-17,21H2,1-4H3,(H,35,36)(H,37,41). The first-order valence-corrected chi connectivity index (χ1v) is 14.6. The van der Waals surface area contributed by atoms with Crippen molar-refractivity contribution < 1.29 is 24.2 Å². The fraction of sp³-hybridized carbons (Fsp3) is 0.294. The number of nitrogens with one attached hydrogen (secondary N) is 2. The first kappa shape index (κ1) is 31.6. The van der Waals surface area contributed by atoms with E-state index in [2.05, 4.69) is 15.6 Å². The van der Waals surface area contributed by atoms with Gasteiger partial charge in [-0.05, 0) is 61.4 Å². The van der Waals surface area contributed by atoms with Gasteiger partial charge in [-0.25, -0.2) is 4.98 Å². The van der Waals surface area contributed by atoms with Crippen molar-refractivity contribution >= 4 is 29.0 Å². The number of anilines is 3. The van der Waals surface area contributed by atoms with Crippen LogP contribution in [0.15, 0.2) is 77.9 Å². The number of pyridine rings is 2. The van der Waals surface area contributed by atoms with Gasteiger partial charge in [0.25, 0.3) is 17.4 Å². The molecule has 2 amide bonds. The number of hydrogen-bond donors (Lipinski definition) is 3. The van der Waals surface area contributed by atoms with Crippen molar-refractivity contribution in [2.45, 2.75) is 26.1 Å². The molecule has 0 aliphatic carbocycles. The Morgan fingerprint density at radius 3 is 2.38 bits per heavy atom. The van der Waals surface area contributed by atoms with Crippen molar-refractivity contribution in [1.29, 1.82) is 0 Å². The Labute approximate surface area is 261 Å². The molecule has 3 heterocycles. The SMILES string of the molecule is COC(C)(C)c1ccc(C(=O)Nc2cccc(-c3cc(Nc4ccc(C(=O)N5CCOCC5)cn4)c(=O)n(C)c3)c2CO)cc1. The smallest absolute Gasteiger partial charge is 0.274 e. The van der Waals surface area contributed by atoms with Crippen molar-refractivity contribution in [2.24, 2.45) is 7.05 Å². The van der Waals surface area contributed by atoms with Crippen LogP contribution in [0.2, 0.25) is 0 Å². The van der Waals surface area contributed by atoms with Crippen LogP contribution in [0, 0.1) is 0 Å². The van der Waals surface area contributed by atoms with E-state index in [-0.39, 0.29) is 29.7 Å². The molecule has 45 heavy (non-hydrogen) atoms. The molecule has 5 rings (SSSR count). The molecule has 2 aromatic carbocycles. The highest BCUT2D eigenvalue weighted by Gasteiger charge is 2.21. The molecule has 0 saturated carbocycles. The number of nitrogens with zero attached hydrogens (tertiary/aromatic N) is 3. The normalized spacial score (nSPS) is 13.4. The van der Waals surface area contributed by atoms with Gasteiger partial charge in [-0.2, -0.15) is 0 Å². The van der Waals surface area contributed by atoms with Crippen LogP contribution in [0.5, 0.6) is 0 Å². The van der Waals surface area contributed by atoms with E-state index in [1.807, 2.05) is 32.0 Å². The molecule has 4 aromatic rings. The number of hydrogen-bond acceptors (Lipinski definition) is 8. The van der Waals surface area contributed by atoms with E-state index in [4.69, 9.17) is 9.47 Å². The lowest BCUT2D eigenvalue weighted by Crippen LogP contribution is -2.40. The van der Waals surface area contributed by atoms with Crippen molar-refractivity contribution in [3.05, 3.63) is 106 Å². The lowest BCUT2D eigenvalue weighted by atomic mass is 9.96. The van der Waals surface area contributed by atoms with Gasteiger partial charge in [0.05, 0.1) is 31.0 Å². The van der Waals surface area contributed by atoms with Crippen molar-refractivity contribution in [3.63, 3.8) is 0 Å². The number of benzene rings is 2. The number of ether oxygens (including phenoxy) is 2. The Morgan fingerprint density at radius 1 is 1.02 bits per heavy atom. The predicted molar refractivity (Wildman–Crippen MR) is 172 cm³/mol. The lowest BCUT2D eigenvalue weighted by molar-refractivity contribution is 0.0192. The molecule has 234 valence electrons. The third-order valence-corrected chi connectivity index (χ3v) is 8.00. The summed E-state index contributed by atoms with van der Waals surface area (Å²) in [6, 6.07) is 17.5. The van der Waals surface area contributed by atoms with E-state index in [0.717, 1.165) is 5.56 Å². The minimum atomic E-state index is -0.488. The van der Waals surface area contributed by atoms with Crippen LogP contribution in [0.1, 0.15) is 45.7 Å². The molecular formula is C34H37N5O6. The molecule has 2 aromatic heterocycles. The predicted octanol–water partition coefficient (Wildman–Crippen LogP) is 4.29. The van der Waals surface area contributed by atoms with Gasteiger partial charge in [0.2, 0.25) is 0 Å². The van der Waals surface area contributed by atoms with E-state index >= 15 is 0 Å². The fourth-order valence-corrected chi connectivity index (χ4v) is 5.11. The van der Waals surface area contributed by atoms with Crippen LogP contribution < -0.4 is 16.2 Å².